The Balaban J connectivity index is 1.74. The van der Waals surface area contributed by atoms with Crippen LogP contribution < -0.4 is 4.90 Å². The SMILES string of the molecule is CCOC(=O)[C@@H]1c2c([nH]c3ccccc23)C[C@@H](c2ccccc2)[C@@]12C(=O)N(CC)c1ccccc12. The number of carbonyl (C=O) groups excluding carboxylic acids is 2. The van der Waals surface area contributed by atoms with Crippen molar-refractivity contribution in [2.75, 3.05) is 18.1 Å². The van der Waals surface area contributed by atoms with E-state index >= 15 is 0 Å². The predicted octanol–water partition coefficient (Wildman–Crippen LogP) is 5.46. The van der Waals surface area contributed by atoms with Crippen molar-refractivity contribution in [1.82, 2.24) is 4.98 Å². The van der Waals surface area contributed by atoms with Crippen molar-refractivity contribution in [3.8, 4) is 0 Å². The van der Waals surface area contributed by atoms with Gasteiger partial charge >= 0.3 is 5.97 Å². The average molecular weight is 465 g/mol. The molecule has 6 rings (SSSR count). The summed E-state index contributed by atoms with van der Waals surface area (Å²) in [5.74, 6) is -1.37. The van der Waals surface area contributed by atoms with Crippen LogP contribution in [-0.4, -0.2) is 30.0 Å². The smallest absolute Gasteiger partial charge is 0.314 e. The van der Waals surface area contributed by atoms with Gasteiger partial charge in [-0.15, -0.1) is 0 Å². The van der Waals surface area contributed by atoms with Crippen LogP contribution in [0.1, 0.15) is 48.1 Å². The van der Waals surface area contributed by atoms with Gasteiger partial charge in [0.1, 0.15) is 11.3 Å². The van der Waals surface area contributed by atoms with E-state index in [1.165, 1.54) is 0 Å². The molecule has 1 aliphatic heterocycles. The highest BCUT2D eigenvalue weighted by Gasteiger charge is 2.65. The highest BCUT2D eigenvalue weighted by molar-refractivity contribution is 6.13. The largest absolute Gasteiger partial charge is 0.465 e. The lowest BCUT2D eigenvalue weighted by molar-refractivity contribution is -0.150. The van der Waals surface area contributed by atoms with Gasteiger partial charge in [-0.2, -0.15) is 0 Å². The van der Waals surface area contributed by atoms with Gasteiger partial charge in [0.25, 0.3) is 0 Å². The van der Waals surface area contributed by atoms with Gasteiger partial charge in [0.2, 0.25) is 5.91 Å². The van der Waals surface area contributed by atoms with Gasteiger partial charge in [-0.1, -0.05) is 66.7 Å². The van der Waals surface area contributed by atoms with E-state index in [1.54, 1.807) is 0 Å². The third-order valence-corrected chi connectivity index (χ3v) is 7.81. The molecule has 1 aliphatic carbocycles. The summed E-state index contributed by atoms with van der Waals surface area (Å²) >= 11 is 0. The maximum absolute atomic E-state index is 14.6. The van der Waals surface area contributed by atoms with Crippen molar-refractivity contribution in [3.05, 3.63) is 101 Å². The number of H-pyrrole nitrogens is 1. The molecular formula is C30H28N2O3. The minimum Gasteiger partial charge on any atom is -0.465 e. The first-order valence-corrected chi connectivity index (χ1v) is 12.3. The topological polar surface area (TPSA) is 62.4 Å². The van der Waals surface area contributed by atoms with Gasteiger partial charge in [-0.3, -0.25) is 9.59 Å². The first kappa shape index (κ1) is 21.7. The third-order valence-electron chi connectivity index (χ3n) is 7.81. The van der Waals surface area contributed by atoms with Gasteiger partial charge in [0.05, 0.1) is 6.61 Å². The van der Waals surface area contributed by atoms with Crippen LogP contribution in [0, 0.1) is 0 Å². The highest BCUT2D eigenvalue weighted by Crippen LogP contribution is 2.61. The van der Waals surface area contributed by atoms with Crippen LogP contribution in [0.5, 0.6) is 0 Å². The third kappa shape index (κ3) is 2.87. The molecule has 176 valence electrons. The summed E-state index contributed by atoms with van der Waals surface area (Å²) in [4.78, 5) is 34.1. The number of esters is 1. The fourth-order valence-corrected chi connectivity index (χ4v) is 6.54. The summed E-state index contributed by atoms with van der Waals surface area (Å²) in [7, 11) is 0. The number of ether oxygens (including phenoxy) is 1. The highest BCUT2D eigenvalue weighted by atomic mass is 16.5. The Morgan fingerprint density at radius 2 is 1.71 bits per heavy atom. The van der Waals surface area contributed by atoms with Crippen LogP contribution in [0.25, 0.3) is 10.9 Å². The first-order chi connectivity index (χ1) is 17.1. The number of fused-ring (bicyclic) bond motifs is 5. The van der Waals surface area contributed by atoms with Crippen molar-refractivity contribution in [2.24, 2.45) is 0 Å². The molecule has 0 fully saturated rings. The quantitative estimate of drug-likeness (QED) is 0.408. The van der Waals surface area contributed by atoms with Gasteiger partial charge in [0.15, 0.2) is 0 Å². The van der Waals surface area contributed by atoms with E-state index in [2.05, 4.69) is 17.1 Å². The number of rotatable bonds is 4. The minimum absolute atomic E-state index is 0.0240. The van der Waals surface area contributed by atoms with Gasteiger partial charge < -0.3 is 14.6 Å². The van der Waals surface area contributed by atoms with E-state index in [-0.39, 0.29) is 24.4 Å². The number of benzene rings is 3. The molecule has 5 nitrogen and oxygen atoms in total. The Hall–Kier alpha value is -3.86. The summed E-state index contributed by atoms with van der Waals surface area (Å²) in [6, 6.07) is 26.2. The molecule has 5 heteroatoms. The van der Waals surface area contributed by atoms with Gasteiger partial charge in [0, 0.05) is 34.7 Å². The van der Waals surface area contributed by atoms with Crippen LogP contribution in [0.3, 0.4) is 0 Å². The first-order valence-electron chi connectivity index (χ1n) is 12.3. The van der Waals surface area contributed by atoms with Crippen molar-refractivity contribution in [3.63, 3.8) is 0 Å². The molecule has 0 unspecified atom stereocenters. The average Bonchev–Trinajstić information content (AvgIpc) is 3.37. The minimum atomic E-state index is -1.10. The molecule has 2 heterocycles. The Bertz CT molecular complexity index is 1440. The Morgan fingerprint density at radius 3 is 2.49 bits per heavy atom. The number of likely N-dealkylation sites (N-methyl/N-ethyl adjacent to an activating group) is 1. The number of hydrogen-bond donors (Lipinski definition) is 1. The van der Waals surface area contributed by atoms with E-state index < -0.39 is 11.3 Å². The number of nitrogens with zero attached hydrogens (tertiary/aromatic N) is 1. The van der Waals surface area contributed by atoms with E-state index in [0.29, 0.717) is 13.0 Å². The van der Waals surface area contributed by atoms with E-state index in [1.807, 2.05) is 85.5 Å². The fraction of sp³-hybridized carbons (Fsp3) is 0.267. The zero-order valence-electron chi connectivity index (χ0n) is 20.0. The number of aromatic amines is 1. The molecule has 0 saturated carbocycles. The molecule has 0 bridgehead atoms. The van der Waals surface area contributed by atoms with E-state index in [0.717, 1.165) is 39.0 Å². The summed E-state index contributed by atoms with van der Waals surface area (Å²) < 4.78 is 5.74. The maximum Gasteiger partial charge on any atom is 0.314 e. The maximum atomic E-state index is 14.6. The summed E-state index contributed by atoms with van der Waals surface area (Å²) in [5, 5.41) is 0.978. The van der Waals surface area contributed by atoms with Crippen molar-refractivity contribution in [1.29, 1.82) is 0 Å². The predicted molar refractivity (Wildman–Crippen MR) is 137 cm³/mol. The Morgan fingerprint density at radius 1 is 1.00 bits per heavy atom. The Labute approximate surface area is 204 Å². The molecule has 2 aliphatic rings. The summed E-state index contributed by atoms with van der Waals surface area (Å²) in [6.07, 6.45) is 0.627. The van der Waals surface area contributed by atoms with E-state index in [4.69, 9.17) is 4.74 Å². The van der Waals surface area contributed by atoms with Crippen molar-refractivity contribution in [2.45, 2.75) is 37.5 Å². The second kappa shape index (κ2) is 8.12. The van der Waals surface area contributed by atoms with Gasteiger partial charge in [-0.05, 0) is 49.1 Å². The molecule has 1 aromatic heterocycles. The number of aromatic nitrogens is 1. The molecular weight excluding hydrogens is 436 g/mol. The summed E-state index contributed by atoms with van der Waals surface area (Å²) in [5.41, 5.74) is 4.62. The molecule has 4 aromatic rings. The monoisotopic (exact) mass is 464 g/mol. The van der Waals surface area contributed by atoms with Crippen LogP contribution >= 0.6 is 0 Å². The van der Waals surface area contributed by atoms with Crippen molar-refractivity contribution < 1.29 is 14.3 Å². The van der Waals surface area contributed by atoms with Crippen LogP contribution in [0.2, 0.25) is 0 Å². The number of para-hydroxylation sites is 2. The zero-order valence-corrected chi connectivity index (χ0v) is 20.0. The lowest BCUT2D eigenvalue weighted by Gasteiger charge is -2.45. The lowest BCUT2D eigenvalue weighted by Crippen LogP contribution is -2.54. The Kier molecular flexibility index (Phi) is 5.03. The zero-order chi connectivity index (χ0) is 24.2. The molecule has 0 radical (unpaired) electrons. The lowest BCUT2D eigenvalue weighted by atomic mass is 9.54. The number of carbonyl (C=O) groups is 2. The number of nitrogens with one attached hydrogen (secondary N) is 1. The second-order valence-electron chi connectivity index (χ2n) is 9.35. The molecule has 35 heavy (non-hydrogen) atoms. The molecule has 1 spiro atoms. The molecule has 1 amide bonds. The number of hydrogen-bond acceptors (Lipinski definition) is 3. The van der Waals surface area contributed by atoms with Crippen LogP contribution in [-0.2, 0) is 26.2 Å². The molecule has 1 N–H and O–H groups in total. The number of amides is 1. The standard InChI is InChI=1S/C30H28N2O3/c1-3-32-25-17-11-9-15-21(25)30(29(32)34)22(19-12-6-5-7-13-19)18-24-26(27(30)28(33)35-4-2)20-14-8-10-16-23(20)31-24/h5-17,22,27,31H,3-4,18H2,1-2H3/t22-,27-,30+/m0/s1. The summed E-state index contributed by atoms with van der Waals surface area (Å²) in [6.45, 7) is 4.60. The van der Waals surface area contributed by atoms with Crippen molar-refractivity contribution >= 4 is 28.5 Å². The van der Waals surface area contributed by atoms with Crippen LogP contribution in [0.15, 0.2) is 78.9 Å². The normalized spacial score (nSPS) is 22.9. The van der Waals surface area contributed by atoms with Crippen LogP contribution in [0.4, 0.5) is 5.69 Å². The van der Waals surface area contributed by atoms with Gasteiger partial charge in [-0.25, -0.2) is 0 Å². The second-order valence-corrected chi connectivity index (χ2v) is 9.35. The van der Waals surface area contributed by atoms with E-state index in [9.17, 15) is 9.59 Å². The molecule has 0 saturated heterocycles. The fourth-order valence-electron chi connectivity index (χ4n) is 6.54. The molecule has 3 atom stereocenters. The molecule has 3 aromatic carbocycles. The number of anilines is 1.